The van der Waals surface area contributed by atoms with Crippen molar-refractivity contribution in [1.29, 1.82) is 0 Å². The predicted octanol–water partition coefficient (Wildman–Crippen LogP) is 1.79. The Morgan fingerprint density at radius 1 is 0.844 bits per heavy atom. The fourth-order valence-electron chi connectivity index (χ4n) is 5.54. The molecule has 0 bridgehead atoms. The largest absolute Gasteiger partial charge is 0.371 e. The summed E-state index contributed by atoms with van der Waals surface area (Å²) in [5.41, 5.74) is 1.64. The average Bonchev–Trinajstić information content (AvgIpc) is 3.05. The third-order valence-corrected chi connectivity index (χ3v) is 7.37. The third-order valence-electron chi connectivity index (χ3n) is 7.37. The number of nitrogens with zero attached hydrogens (tertiary/aromatic N) is 3. The lowest BCUT2D eigenvalue weighted by atomic mass is 9.94. The Bertz CT molecular complexity index is 947. The van der Waals surface area contributed by atoms with Gasteiger partial charge in [-0.25, -0.2) is 0 Å². The van der Waals surface area contributed by atoms with Crippen molar-refractivity contribution in [3.63, 3.8) is 0 Å². The van der Waals surface area contributed by atoms with Gasteiger partial charge in [0, 0.05) is 31.7 Å². The number of anilines is 1. The van der Waals surface area contributed by atoms with Gasteiger partial charge in [0.25, 0.3) is 11.8 Å². The van der Waals surface area contributed by atoms with E-state index in [1.807, 2.05) is 6.07 Å². The maximum Gasteiger partial charge on any atom is 0.262 e. The van der Waals surface area contributed by atoms with E-state index in [0.29, 0.717) is 17.0 Å². The molecule has 8 nitrogen and oxygen atoms in total. The van der Waals surface area contributed by atoms with Crippen LogP contribution >= 0.6 is 0 Å². The minimum absolute atomic E-state index is 0.126. The molecule has 5 rings (SSSR count). The van der Waals surface area contributed by atoms with E-state index in [4.69, 9.17) is 0 Å². The second kappa shape index (κ2) is 8.65. The molecule has 32 heavy (non-hydrogen) atoms. The van der Waals surface area contributed by atoms with Crippen LogP contribution in [-0.4, -0.2) is 72.2 Å². The van der Waals surface area contributed by atoms with Gasteiger partial charge in [-0.2, -0.15) is 0 Å². The summed E-state index contributed by atoms with van der Waals surface area (Å²) < 4.78 is 0. The minimum atomic E-state index is -0.922. The monoisotopic (exact) mass is 438 g/mol. The van der Waals surface area contributed by atoms with E-state index in [-0.39, 0.29) is 18.7 Å². The van der Waals surface area contributed by atoms with Crippen LogP contribution in [0.1, 0.15) is 65.7 Å². The standard InChI is InChI=1S/C24H30N4O4/c29-21-7-6-20(22(30)25-21)28-23(31)18-5-4-17(14-19(18)24(28)32)27-12-8-16(9-13-27)15-26-10-2-1-3-11-26/h4-5,14,16,20H,1-3,6-13,15H2,(H,25,29,30). The number of fused-ring (bicyclic) bond motifs is 1. The van der Waals surface area contributed by atoms with Crippen LogP contribution in [0, 0.1) is 5.92 Å². The van der Waals surface area contributed by atoms with Crippen molar-refractivity contribution in [2.45, 2.75) is 51.0 Å². The van der Waals surface area contributed by atoms with Gasteiger partial charge in [-0.05, 0) is 69.3 Å². The van der Waals surface area contributed by atoms with E-state index in [2.05, 4.69) is 15.1 Å². The van der Waals surface area contributed by atoms with E-state index in [1.54, 1.807) is 12.1 Å². The molecule has 4 aliphatic heterocycles. The first kappa shape index (κ1) is 21.1. The molecule has 4 amide bonds. The number of carbonyl (C=O) groups excluding carboxylic acids is 4. The first-order valence-electron chi connectivity index (χ1n) is 11.8. The molecule has 170 valence electrons. The Morgan fingerprint density at radius 3 is 2.28 bits per heavy atom. The van der Waals surface area contributed by atoms with Crippen LogP contribution in [0.15, 0.2) is 18.2 Å². The molecule has 0 spiro atoms. The highest BCUT2D eigenvalue weighted by atomic mass is 16.2. The second-order valence-corrected chi connectivity index (χ2v) is 9.47. The van der Waals surface area contributed by atoms with E-state index >= 15 is 0 Å². The van der Waals surface area contributed by atoms with E-state index < -0.39 is 23.8 Å². The summed E-state index contributed by atoms with van der Waals surface area (Å²) in [4.78, 5) is 55.5. The van der Waals surface area contributed by atoms with Gasteiger partial charge in [0.2, 0.25) is 11.8 Å². The minimum Gasteiger partial charge on any atom is -0.371 e. The van der Waals surface area contributed by atoms with Crippen molar-refractivity contribution in [2.24, 2.45) is 5.92 Å². The van der Waals surface area contributed by atoms with Crippen LogP contribution in [0.5, 0.6) is 0 Å². The van der Waals surface area contributed by atoms with Crippen molar-refractivity contribution in [1.82, 2.24) is 15.1 Å². The molecule has 1 unspecified atom stereocenters. The van der Waals surface area contributed by atoms with E-state index in [9.17, 15) is 19.2 Å². The molecule has 4 heterocycles. The molecule has 0 saturated carbocycles. The molecule has 0 aromatic heterocycles. The third kappa shape index (κ3) is 3.92. The zero-order valence-electron chi connectivity index (χ0n) is 18.3. The molecule has 4 aliphatic rings. The van der Waals surface area contributed by atoms with E-state index in [1.165, 1.54) is 38.9 Å². The highest BCUT2D eigenvalue weighted by molar-refractivity contribution is 6.23. The Labute approximate surface area is 187 Å². The maximum absolute atomic E-state index is 13.1. The fraction of sp³-hybridized carbons (Fsp3) is 0.583. The summed E-state index contributed by atoms with van der Waals surface area (Å²) in [6.07, 6.45) is 6.54. The summed E-state index contributed by atoms with van der Waals surface area (Å²) in [6, 6.07) is 4.49. The molecule has 8 heteroatoms. The number of likely N-dealkylation sites (tertiary alicyclic amines) is 1. The van der Waals surface area contributed by atoms with Crippen molar-refractivity contribution < 1.29 is 19.2 Å². The number of carbonyl (C=O) groups is 4. The lowest BCUT2D eigenvalue weighted by Crippen LogP contribution is -2.54. The molecule has 3 saturated heterocycles. The van der Waals surface area contributed by atoms with Crippen LogP contribution in [0.25, 0.3) is 0 Å². The van der Waals surface area contributed by atoms with Crippen molar-refractivity contribution in [3.05, 3.63) is 29.3 Å². The summed E-state index contributed by atoms with van der Waals surface area (Å²) in [7, 11) is 0. The molecule has 0 radical (unpaired) electrons. The number of rotatable bonds is 4. The Morgan fingerprint density at radius 2 is 1.56 bits per heavy atom. The number of amides is 4. The van der Waals surface area contributed by atoms with Crippen LogP contribution in [-0.2, 0) is 9.59 Å². The summed E-state index contributed by atoms with van der Waals surface area (Å²) in [5.74, 6) is -1.13. The Balaban J connectivity index is 1.25. The maximum atomic E-state index is 13.1. The summed E-state index contributed by atoms with van der Waals surface area (Å²) in [5, 5.41) is 2.23. The first-order chi connectivity index (χ1) is 15.5. The van der Waals surface area contributed by atoms with Gasteiger partial charge in [-0.1, -0.05) is 6.42 Å². The SMILES string of the molecule is O=C1CCC(N2C(=O)c3ccc(N4CCC(CN5CCCCC5)CC4)cc3C2=O)C(=O)N1. The van der Waals surface area contributed by atoms with Gasteiger partial charge < -0.3 is 9.80 Å². The van der Waals surface area contributed by atoms with Crippen LogP contribution < -0.4 is 10.2 Å². The number of imide groups is 2. The van der Waals surface area contributed by atoms with Crippen molar-refractivity contribution in [3.8, 4) is 0 Å². The number of hydrogen-bond donors (Lipinski definition) is 1. The van der Waals surface area contributed by atoms with Crippen LogP contribution in [0.2, 0.25) is 0 Å². The number of nitrogens with one attached hydrogen (secondary N) is 1. The number of piperidine rings is 3. The molecule has 1 aromatic carbocycles. The lowest BCUT2D eigenvalue weighted by molar-refractivity contribution is -0.136. The van der Waals surface area contributed by atoms with Gasteiger partial charge in [0.1, 0.15) is 6.04 Å². The van der Waals surface area contributed by atoms with Crippen molar-refractivity contribution in [2.75, 3.05) is 37.6 Å². The zero-order valence-corrected chi connectivity index (χ0v) is 18.3. The average molecular weight is 439 g/mol. The molecular formula is C24H30N4O4. The topological polar surface area (TPSA) is 90.0 Å². The van der Waals surface area contributed by atoms with Gasteiger partial charge >= 0.3 is 0 Å². The molecule has 1 atom stereocenters. The number of benzene rings is 1. The fourth-order valence-corrected chi connectivity index (χ4v) is 5.54. The Hall–Kier alpha value is -2.74. The predicted molar refractivity (Wildman–Crippen MR) is 118 cm³/mol. The van der Waals surface area contributed by atoms with Gasteiger partial charge in [0.15, 0.2) is 0 Å². The summed E-state index contributed by atoms with van der Waals surface area (Å²) >= 11 is 0. The van der Waals surface area contributed by atoms with Crippen LogP contribution in [0.3, 0.4) is 0 Å². The van der Waals surface area contributed by atoms with Gasteiger partial charge in [0.05, 0.1) is 11.1 Å². The normalized spacial score (nSPS) is 25.3. The molecule has 0 aliphatic carbocycles. The van der Waals surface area contributed by atoms with Crippen LogP contribution in [0.4, 0.5) is 5.69 Å². The van der Waals surface area contributed by atoms with E-state index in [0.717, 1.165) is 36.5 Å². The molecule has 1 aromatic rings. The smallest absolute Gasteiger partial charge is 0.262 e. The quantitative estimate of drug-likeness (QED) is 0.721. The zero-order chi connectivity index (χ0) is 22.2. The lowest BCUT2D eigenvalue weighted by Gasteiger charge is -2.37. The highest BCUT2D eigenvalue weighted by Gasteiger charge is 2.44. The molecule has 1 N–H and O–H groups in total. The van der Waals surface area contributed by atoms with Gasteiger partial charge in [-0.3, -0.25) is 29.4 Å². The second-order valence-electron chi connectivity index (χ2n) is 9.47. The van der Waals surface area contributed by atoms with Gasteiger partial charge in [-0.15, -0.1) is 0 Å². The van der Waals surface area contributed by atoms with Crippen molar-refractivity contribution >= 4 is 29.3 Å². The molecule has 3 fully saturated rings. The molecular weight excluding hydrogens is 408 g/mol. The summed E-state index contributed by atoms with van der Waals surface area (Å²) in [6.45, 7) is 5.52. The first-order valence-corrected chi connectivity index (χ1v) is 11.8. The Kier molecular flexibility index (Phi) is 5.71. The number of hydrogen-bond acceptors (Lipinski definition) is 6. The highest BCUT2D eigenvalue weighted by Crippen LogP contribution is 2.32.